The molecule has 2 aliphatic rings. The molecular formula is C22H26N4O3S. The molecule has 0 radical (unpaired) electrons. The third kappa shape index (κ3) is 3.96. The smallest absolute Gasteiger partial charge is 0.323 e. The fraction of sp³-hybridized carbons (Fsp3) is 0.455. The average molecular weight is 427 g/mol. The number of carbonyl (C=O) groups is 3. The molecule has 1 aliphatic heterocycles. The Morgan fingerprint density at radius 3 is 2.70 bits per heavy atom. The van der Waals surface area contributed by atoms with E-state index in [1.54, 1.807) is 0 Å². The Morgan fingerprint density at radius 2 is 2.00 bits per heavy atom. The summed E-state index contributed by atoms with van der Waals surface area (Å²) < 4.78 is 0. The summed E-state index contributed by atoms with van der Waals surface area (Å²) in [5.41, 5.74) is 0.774. The fourth-order valence-electron chi connectivity index (χ4n) is 5.02. The van der Waals surface area contributed by atoms with Crippen LogP contribution in [0.5, 0.6) is 0 Å². The lowest BCUT2D eigenvalue weighted by Crippen LogP contribution is -2.54. The highest BCUT2D eigenvalue weighted by Gasteiger charge is 2.56. The van der Waals surface area contributed by atoms with Crippen LogP contribution in [0.4, 0.5) is 9.93 Å². The van der Waals surface area contributed by atoms with Crippen molar-refractivity contribution in [3.05, 3.63) is 35.7 Å². The molecule has 7 nitrogen and oxygen atoms in total. The van der Waals surface area contributed by atoms with Crippen molar-refractivity contribution in [3.8, 4) is 11.3 Å². The average Bonchev–Trinajstić information content (AvgIpc) is 3.20. The van der Waals surface area contributed by atoms with E-state index in [9.17, 15) is 14.4 Å². The van der Waals surface area contributed by atoms with Crippen molar-refractivity contribution in [2.75, 3.05) is 11.9 Å². The molecule has 158 valence electrons. The van der Waals surface area contributed by atoms with Crippen LogP contribution in [-0.4, -0.2) is 39.8 Å². The first-order valence-corrected chi connectivity index (χ1v) is 11.0. The van der Waals surface area contributed by atoms with E-state index in [0.29, 0.717) is 23.9 Å². The Morgan fingerprint density at radius 1 is 1.27 bits per heavy atom. The van der Waals surface area contributed by atoms with Crippen LogP contribution in [0.1, 0.15) is 40.0 Å². The number of anilines is 1. The van der Waals surface area contributed by atoms with Crippen molar-refractivity contribution in [1.29, 1.82) is 0 Å². The van der Waals surface area contributed by atoms with Crippen molar-refractivity contribution in [3.63, 3.8) is 0 Å². The molecule has 1 spiro atoms. The maximum absolute atomic E-state index is 13.2. The molecule has 2 fully saturated rings. The van der Waals surface area contributed by atoms with Crippen molar-refractivity contribution in [2.45, 2.75) is 45.6 Å². The lowest BCUT2D eigenvalue weighted by Gasteiger charge is -2.43. The molecule has 1 saturated carbocycles. The minimum atomic E-state index is -0.903. The van der Waals surface area contributed by atoms with Crippen molar-refractivity contribution >= 4 is 34.3 Å². The van der Waals surface area contributed by atoms with Gasteiger partial charge < -0.3 is 10.6 Å². The number of nitrogens with one attached hydrogen (secondary N) is 2. The van der Waals surface area contributed by atoms with Gasteiger partial charge in [0.1, 0.15) is 12.1 Å². The third-order valence-corrected chi connectivity index (χ3v) is 6.50. The van der Waals surface area contributed by atoms with Gasteiger partial charge in [-0.15, -0.1) is 11.3 Å². The standard InChI is InChI=1S/C22H26N4O3S/c1-14-9-21(2,3)13-22(10-14)18(28)26(20(29)25-22)11-17(27)24-19-23-16(12-30-19)15-7-5-4-6-8-15/h4-8,12,14H,9-11,13H2,1-3H3,(H,25,29)(H,23,24,27). The van der Waals surface area contributed by atoms with E-state index in [2.05, 4.69) is 36.4 Å². The Hall–Kier alpha value is -2.74. The number of hydrogen-bond acceptors (Lipinski definition) is 5. The monoisotopic (exact) mass is 426 g/mol. The third-order valence-electron chi connectivity index (χ3n) is 5.75. The number of imide groups is 1. The van der Waals surface area contributed by atoms with Gasteiger partial charge in [0.2, 0.25) is 5.91 Å². The molecule has 1 aromatic carbocycles. The number of amides is 4. The van der Waals surface area contributed by atoms with E-state index < -0.39 is 17.5 Å². The fourth-order valence-corrected chi connectivity index (χ4v) is 5.76. The zero-order chi connectivity index (χ0) is 21.5. The number of urea groups is 1. The number of benzene rings is 1. The minimum absolute atomic E-state index is 0.0480. The number of carbonyl (C=O) groups excluding carboxylic acids is 3. The second kappa shape index (κ2) is 7.50. The molecule has 2 aromatic rings. The quantitative estimate of drug-likeness (QED) is 0.726. The SMILES string of the molecule is CC1CC(C)(C)CC2(C1)NC(=O)N(CC(=O)Nc1nc(-c3ccccc3)cs1)C2=O. The molecule has 1 aliphatic carbocycles. The first kappa shape index (κ1) is 20.5. The lowest BCUT2D eigenvalue weighted by molar-refractivity contribution is -0.136. The van der Waals surface area contributed by atoms with Crippen LogP contribution in [0.3, 0.4) is 0 Å². The topological polar surface area (TPSA) is 91.4 Å². The van der Waals surface area contributed by atoms with E-state index in [1.807, 2.05) is 35.7 Å². The number of aromatic nitrogens is 1. The van der Waals surface area contributed by atoms with Crippen molar-refractivity contribution in [1.82, 2.24) is 15.2 Å². The van der Waals surface area contributed by atoms with E-state index in [1.165, 1.54) is 11.3 Å². The molecule has 4 amide bonds. The molecule has 30 heavy (non-hydrogen) atoms. The van der Waals surface area contributed by atoms with Crippen LogP contribution in [-0.2, 0) is 9.59 Å². The normalized spacial score (nSPS) is 25.4. The molecule has 0 bridgehead atoms. The summed E-state index contributed by atoms with van der Waals surface area (Å²) >= 11 is 1.31. The van der Waals surface area contributed by atoms with Crippen LogP contribution in [0.2, 0.25) is 0 Å². The van der Waals surface area contributed by atoms with Crippen LogP contribution >= 0.6 is 11.3 Å². The van der Waals surface area contributed by atoms with Crippen LogP contribution in [0.25, 0.3) is 11.3 Å². The molecule has 2 N–H and O–H groups in total. The Balaban J connectivity index is 1.43. The van der Waals surface area contributed by atoms with Gasteiger partial charge in [0.25, 0.3) is 5.91 Å². The summed E-state index contributed by atoms with van der Waals surface area (Å²) in [4.78, 5) is 43.7. The number of thiazole rings is 1. The van der Waals surface area contributed by atoms with Crippen LogP contribution < -0.4 is 10.6 Å². The predicted molar refractivity (Wildman–Crippen MR) is 116 cm³/mol. The highest BCUT2D eigenvalue weighted by atomic mass is 32.1. The minimum Gasteiger partial charge on any atom is -0.323 e. The van der Waals surface area contributed by atoms with Crippen molar-refractivity contribution in [2.24, 2.45) is 11.3 Å². The second-order valence-corrected chi connectivity index (χ2v) is 10.1. The number of rotatable bonds is 4. The number of nitrogens with zero attached hydrogens (tertiary/aromatic N) is 2. The molecule has 4 rings (SSSR count). The summed E-state index contributed by atoms with van der Waals surface area (Å²) in [5.74, 6) is -0.419. The molecule has 2 unspecified atom stereocenters. The van der Waals surface area contributed by atoms with Crippen LogP contribution in [0, 0.1) is 11.3 Å². The van der Waals surface area contributed by atoms with E-state index >= 15 is 0 Å². The first-order valence-electron chi connectivity index (χ1n) is 10.1. The molecule has 1 saturated heterocycles. The van der Waals surface area contributed by atoms with Gasteiger partial charge in [-0.3, -0.25) is 14.5 Å². The Kier molecular flexibility index (Phi) is 5.13. The Labute approximate surface area is 179 Å². The summed E-state index contributed by atoms with van der Waals surface area (Å²) in [6, 6.07) is 9.17. The molecule has 2 heterocycles. The second-order valence-electron chi connectivity index (χ2n) is 9.21. The zero-order valence-electron chi connectivity index (χ0n) is 17.4. The van der Waals surface area contributed by atoms with E-state index in [4.69, 9.17) is 0 Å². The van der Waals surface area contributed by atoms with Gasteiger partial charge in [0, 0.05) is 10.9 Å². The summed E-state index contributed by atoms with van der Waals surface area (Å²) in [7, 11) is 0. The largest absolute Gasteiger partial charge is 0.325 e. The van der Waals surface area contributed by atoms with Gasteiger partial charge in [0.05, 0.1) is 5.69 Å². The van der Waals surface area contributed by atoms with E-state index in [0.717, 1.165) is 22.6 Å². The highest BCUT2D eigenvalue weighted by Crippen LogP contribution is 2.46. The summed E-state index contributed by atoms with van der Waals surface area (Å²) in [6.07, 6.45) is 2.19. The summed E-state index contributed by atoms with van der Waals surface area (Å²) in [5, 5.41) is 7.90. The van der Waals surface area contributed by atoms with Gasteiger partial charge in [-0.25, -0.2) is 9.78 Å². The predicted octanol–water partition coefficient (Wildman–Crippen LogP) is 3.89. The number of hydrogen-bond donors (Lipinski definition) is 2. The van der Waals surface area contributed by atoms with E-state index in [-0.39, 0.29) is 17.9 Å². The lowest BCUT2D eigenvalue weighted by atomic mass is 9.64. The molecule has 2 atom stereocenters. The highest BCUT2D eigenvalue weighted by molar-refractivity contribution is 7.14. The van der Waals surface area contributed by atoms with Gasteiger partial charge in [-0.05, 0) is 30.6 Å². The zero-order valence-corrected chi connectivity index (χ0v) is 18.2. The van der Waals surface area contributed by atoms with Gasteiger partial charge >= 0.3 is 6.03 Å². The van der Waals surface area contributed by atoms with Crippen LogP contribution in [0.15, 0.2) is 35.7 Å². The maximum Gasteiger partial charge on any atom is 0.325 e. The van der Waals surface area contributed by atoms with Crippen molar-refractivity contribution < 1.29 is 14.4 Å². The van der Waals surface area contributed by atoms with Gasteiger partial charge in [-0.2, -0.15) is 0 Å². The summed E-state index contributed by atoms with van der Waals surface area (Å²) in [6.45, 7) is 6.02. The molecule has 1 aromatic heterocycles. The van der Waals surface area contributed by atoms with Gasteiger partial charge in [0.15, 0.2) is 5.13 Å². The van der Waals surface area contributed by atoms with Gasteiger partial charge in [-0.1, -0.05) is 51.1 Å². The molecular weight excluding hydrogens is 400 g/mol. The maximum atomic E-state index is 13.2. The first-order chi connectivity index (χ1) is 14.2. The molecule has 8 heteroatoms. The Bertz CT molecular complexity index is 987.